The Labute approximate surface area is 94.5 Å². The summed E-state index contributed by atoms with van der Waals surface area (Å²) in [6.07, 6.45) is 0. The maximum absolute atomic E-state index is 10.8. The van der Waals surface area contributed by atoms with Crippen molar-refractivity contribution in [1.29, 1.82) is 0 Å². The highest BCUT2D eigenvalue weighted by Crippen LogP contribution is 2.29. The van der Waals surface area contributed by atoms with Gasteiger partial charge in [0.2, 0.25) is 0 Å². The lowest BCUT2D eigenvalue weighted by Crippen LogP contribution is -2.04. The Balaban J connectivity index is 2.86. The molecule has 1 N–H and O–H groups in total. The Morgan fingerprint density at radius 1 is 1.47 bits per heavy atom. The Morgan fingerprint density at radius 3 is 2.73 bits per heavy atom. The molecule has 0 radical (unpaired) electrons. The van der Waals surface area contributed by atoms with Crippen LogP contribution in [0.5, 0.6) is 0 Å². The second-order valence-electron chi connectivity index (χ2n) is 2.87. The fourth-order valence-corrected chi connectivity index (χ4v) is 2.95. The fraction of sp³-hybridized carbons (Fsp3) is 0.143. The van der Waals surface area contributed by atoms with E-state index in [1.807, 2.05) is 6.92 Å². The van der Waals surface area contributed by atoms with E-state index in [9.17, 15) is 8.42 Å². The van der Waals surface area contributed by atoms with E-state index < -0.39 is 15.3 Å². The maximum Gasteiger partial charge on any atom is 0.330 e. The van der Waals surface area contributed by atoms with Gasteiger partial charge in [-0.05, 0) is 17.9 Å². The quantitative estimate of drug-likeness (QED) is 0.483. The van der Waals surface area contributed by atoms with Gasteiger partial charge in [0.05, 0.1) is 5.39 Å². The zero-order chi connectivity index (χ0) is 11.2. The third kappa shape index (κ3) is 1.83. The first-order valence-electron chi connectivity index (χ1n) is 3.78. The number of halogens is 1. The lowest BCUT2D eigenvalue weighted by molar-refractivity contribution is 0.475. The summed E-state index contributed by atoms with van der Waals surface area (Å²) in [7, 11) is -4.41. The van der Waals surface area contributed by atoms with Crippen molar-refractivity contribution < 1.29 is 13.0 Å². The molecule has 0 aliphatic rings. The molecule has 8 heteroatoms. The van der Waals surface area contributed by atoms with E-state index in [-0.39, 0.29) is 5.15 Å². The topological polar surface area (TPSA) is 80.2 Å². The van der Waals surface area contributed by atoms with Gasteiger partial charge in [0.25, 0.3) is 5.16 Å². The van der Waals surface area contributed by atoms with Crippen molar-refractivity contribution in [3.8, 4) is 0 Å². The first-order chi connectivity index (χ1) is 6.89. The molecule has 0 bridgehead atoms. The van der Waals surface area contributed by atoms with Gasteiger partial charge in [-0.25, -0.2) is 9.97 Å². The first-order valence-corrected chi connectivity index (χ1v) is 6.48. The van der Waals surface area contributed by atoms with Crippen LogP contribution in [0.1, 0.15) is 5.56 Å². The SMILES string of the molecule is Cc1csc2nc(S(=O)(=O)O)nc(Cl)c12. The normalized spacial score (nSPS) is 12.2. The number of rotatable bonds is 1. The molecule has 0 aromatic carbocycles. The molecular formula is C7H5ClN2O3S2. The summed E-state index contributed by atoms with van der Waals surface area (Å²) in [5.41, 5.74) is 0.877. The molecule has 0 saturated carbocycles. The molecule has 0 aliphatic carbocycles. The van der Waals surface area contributed by atoms with Crippen LogP contribution >= 0.6 is 22.9 Å². The summed E-state index contributed by atoms with van der Waals surface area (Å²) < 4.78 is 30.4. The predicted octanol–water partition coefficient (Wildman–Crippen LogP) is 1.90. The van der Waals surface area contributed by atoms with Crippen LogP contribution in [0.2, 0.25) is 5.15 Å². The second-order valence-corrected chi connectivity index (χ2v) is 5.40. The van der Waals surface area contributed by atoms with Crippen molar-refractivity contribution in [2.24, 2.45) is 0 Å². The number of hydrogen-bond donors (Lipinski definition) is 1. The number of aryl methyl sites for hydroxylation is 1. The molecule has 2 rings (SSSR count). The lowest BCUT2D eigenvalue weighted by Gasteiger charge is -1.98. The average molecular weight is 265 g/mol. The molecule has 0 unspecified atom stereocenters. The highest BCUT2D eigenvalue weighted by atomic mass is 35.5. The Hall–Kier alpha value is -0.760. The summed E-state index contributed by atoms with van der Waals surface area (Å²) in [6.45, 7) is 1.82. The molecule has 2 heterocycles. The number of nitrogens with zero attached hydrogens (tertiary/aromatic N) is 2. The third-order valence-electron chi connectivity index (χ3n) is 1.78. The van der Waals surface area contributed by atoms with Crippen molar-refractivity contribution in [2.75, 3.05) is 0 Å². The average Bonchev–Trinajstić information content (AvgIpc) is 2.46. The summed E-state index contributed by atoms with van der Waals surface area (Å²) in [4.78, 5) is 7.69. The van der Waals surface area contributed by atoms with Gasteiger partial charge in [-0.3, -0.25) is 4.55 Å². The van der Waals surface area contributed by atoms with Gasteiger partial charge in [-0.1, -0.05) is 11.6 Å². The van der Waals surface area contributed by atoms with Gasteiger partial charge < -0.3 is 0 Å². The molecule has 2 aromatic heterocycles. The largest absolute Gasteiger partial charge is 0.330 e. The van der Waals surface area contributed by atoms with Crippen LogP contribution in [0.15, 0.2) is 10.5 Å². The maximum atomic E-state index is 10.8. The summed E-state index contributed by atoms with van der Waals surface area (Å²) in [5, 5.41) is 1.78. The zero-order valence-electron chi connectivity index (χ0n) is 7.43. The van der Waals surface area contributed by atoms with Gasteiger partial charge in [0, 0.05) is 0 Å². The van der Waals surface area contributed by atoms with Crippen molar-refractivity contribution in [3.05, 3.63) is 16.1 Å². The fourth-order valence-electron chi connectivity index (χ4n) is 1.13. The molecule has 5 nitrogen and oxygen atoms in total. The predicted molar refractivity (Wildman–Crippen MR) is 57.0 cm³/mol. The molecule has 0 amide bonds. The highest BCUT2D eigenvalue weighted by Gasteiger charge is 2.18. The standard InChI is InChI=1S/C7H5ClN2O3S2/c1-3-2-14-6-4(3)5(8)9-7(10-6)15(11,12)13/h2H,1H3,(H,11,12,13). The number of fused-ring (bicyclic) bond motifs is 1. The molecule has 0 fully saturated rings. The molecule has 0 aliphatic heterocycles. The van der Waals surface area contributed by atoms with E-state index in [0.29, 0.717) is 10.2 Å². The molecule has 0 spiro atoms. The van der Waals surface area contributed by atoms with Crippen LogP contribution in [-0.4, -0.2) is 22.9 Å². The molecular weight excluding hydrogens is 260 g/mol. The van der Waals surface area contributed by atoms with E-state index in [2.05, 4.69) is 9.97 Å². The van der Waals surface area contributed by atoms with E-state index in [1.165, 1.54) is 11.3 Å². The minimum absolute atomic E-state index is 0.0337. The summed E-state index contributed by atoms with van der Waals surface area (Å²) in [6, 6.07) is 0. The monoisotopic (exact) mass is 264 g/mol. The summed E-state index contributed by atoms with van der Waals surface area (Å²) in [5.74, 6) is 0. The highest BCUT2D eigenvalue weighted by molar-refractivity contribution is 7.85. The molecule has 0 atom stereocenters. The van der Waals surface area contributed by atoms with Crippen molar-refractivity contribution >= 4 is 43.3 Å². The van der Waals surface area contributed by atoms with E-state index >= 15 is 0 Å². The molecule has 15 heavy (non-hydrogen) atoms. The van der Waals surface area contributed by atoms with Crippen LogP contribution < -0.4 is 0 Å². The van der Waals surface area contributed by atoms with Gasteiger partial charge in [0.1, 0.15) is 9.98 Å². The minimum Gasteiger partial charge on any atom is -0.279 e. The van der Waals surface area contributed by atoms with E-state index in [1.54, 1.807) is 5.38 Å². The van der Waals surface area contributed by atoms with Crippen molar-refractivity contribution in [2.45, 2.75) is 12.1 Å². The van der Waals surface area contributed by atoms with Crippen molar-refractivity contribution in [3.63, 3.8) is 0 Å². The smallest absolute Gasteiger partial charge is 0.279 e. The lowest BCUT2D eigenvalue weighted by atomic mass is 10.3. The van der Waals surface area contributed by atoms with Crippen molar-refractivity contribution in [1.82, 2.24) is 9.97 Å². The van der Waals surface area contributed by atoms with Crippen LogP contribution in [0.3, 0.4) is 0 Å². The van der Waals surface area contributed by atoms with E-state index in [4.69, 9.17) is 16.2 Å². The van der Waals surface area contributed by atoms with E-state index in [0.717, 1.165) is 5.56 Å². The van der Waals surface area contributed by atoms with Crippen LogP contribution in [0.4, 0.5) is 0 Å². The third-order valence-corrected chi connectivity index (χ3v) is 3.69. The number of hydrogen-bond acceptors (Lipinski definition) is 5. The van der Waals surface area contributed by atoms with Gasteiger partial charge in [0.15, 0.2) is 0 Å². The van der Waals surface area contributed by atoms with Crippen LogP contribution in [0.25, 0.3) is 10.2 Å². The molecule has 2 aromatic rings. The Kier molecular flexibility index (Phi) is 2.42. The van der Waals surface area contributed by atoms with Crippen LogP contribution in [0, 0.1) is 6.92 Å². The number of thiophene rings is 1. The minimum atomic E-state index is -4.41. The Bertz CT molecular complexity index is 635. The second kappa shape index (κ2) is 3.38. The van der Waals surface area contributed by atoms with Gasteiger partial charge in [-0.2, -0.15) is 8.42 Å². The molecule has 0 saturated heterocycles. The zero-order valence-corrected chi connectivity index (χ0v) is 9.82. The Morgan fingerprint density at radius 2 is 2.13 bits per heavy atom. The number of aromatic nitrogens is 2. The first kappa shape index (κ1) is 10.7. The van der Waals surface area contributed by atoms with Gasteiger partial charge >= 0.3 is 10.1 Å². The summed E-state index contributed by atoms with van der Waals surface area (Å²) >= 11 is 7.04. The van der Waals surface area contributed by atoms with Crippen LogP contribution in [-0.2, 0) is 10.1 Å². The van der Waals surface area contributed by atoms with Gasteiger partial charge in [-0.15, -0.1) is 11.3 Å². The molecule has 80 valence electrons.